The minimum atomic E-state index is -4.52. The summed E-state index contributed by atoms with van der Waals surface area (Å²) in [5, 5.41) is 0. The Balaban J connectivity index is 2.93. The summed E-state index contributed by atoms with van der Waals surface area (Å²) in [6, 6.07) is 2.62. The fourth-order valence-electron chi connectivity index (χ4n) is 0.907. The molecule has 88 valence electrons. The Labute approximate surface area is 89.2 Å². The largest absolute Gasteiger partial charge is 0.464 e. The smallest absolute Gasteiger partial charge is 0.425 e. The van der Waals surface area contributed by atoms with Crippen LogP contribution in [0, 0.1) is 0 Å². The van der Waals surface area contributed by atoms with Gasteiger partial charge in [-0.25, -0.2) is 4.98 Å². The maximum absolute atomic E-state index is 12.2. The lowest BCUT2D eigenvalue weighted by Gasteiger charge is -2.17. The lowest BCUT2D eigenvalue weighted by molar-refractivity contribution is -0.190. The maximum Gasteiger partial charge on any atom is 0.425 e. The number of hydrogen-bond acceptors (Lipinski definition) is 3. The second kappa shape index (κ2) is 4.38. The molecule has 0 saturated carbocycles. The third-order valence-corrected chi connectivity index (χ3v) is 1.79. The fourth-order valence-corrected chi connectivity index (χ4v) is 0.907. The van der Waals surface area contributed by atoms with E-state index in [0.29, 0.717) is 0 Å². The highest BCUT2D eigenvalue weighted by atomic mass is 19.4. The fraction of sp³-hybridized carbons (Fsp3) is 0.333. The van der Waals surface area contributed by atoms with Gasteiger partial charge in [-0.1, -0.05) is 0 Å². The van der Waals surface area contributed by atoms with E-state index in [1.54, 1.807) is 0 Å². The second-order valence-electron chi connectivity index (χ2n) is 3.02. The summed E-state index contributed by atoms with van der Waals surface area (Å²) in [5.74, 6) is -1.31. The zero-order valence-electron chi connectivity index (χ0n) is 8.28. The van der Waals surface area contributed by atoms with Gasteiger partial charge in [-0.2, -0.15) is 13.2 Å². The highest BCUT2D eigenvalue weighted by Crippen LogP contribution is 2.25. The van der Waals surface area contributed by atoms with Gasteiger partial charge < -0.3 is 10.5 Å². The van der Waals surface area contributed by atoms with E-state index in [4.69, 9.17) is 5.73 Å². The van der Waals surface area contributed by atoms with Crippen molar-refractivity contribution in [3.63, 3.8) is 0 Å². The van der Waals surface area contributed by atoms with Gasteiger partial charge in [0.2, 0.25) is 5.88 Å². The number of hydrogen-bond donors (Lipinski definition) is 1. The van der Waals surface area contributed by atoms with E-state index in [1.807, 2.05) is 0 Å². The number of nitrogens with two attached hydrogens (primary N) is 1. The van der Waals surface area contributed by atoms with Crippen LogP contribution >= 0.6 is 0 Å². The van der Waals surface area contributed by atoms with Crippen molar-refractivity contribution in [1.82, 2.24) is 4.98 Å². The molecule has 0 spiro atoms. The first kappa shape index (κ1) is 12.3. The van der Waals surface area contributed by atoms with Gasteiger partial charge in [-0.3, -0.25) is 4.79 Å². The van der Waals surface area contributed by atoms with Crippen molar-refractivity contribution >= 4 is 5.91 Å². The third-order valence-electron chi connectivity index (χ3n) is 1.79. The van der Waals surface area contributed by atoms with E-state index < -0.39 is 24.1 Å². The number of aromatic nitrogens is 1. The van der Waals surface area contributed by atoms with Gasteiger partial charge in [0.1, 0.15) is 5.56 Å². The summed E-state index contributed by atoms with van der Waals surface area (Å²) >= 11 is 0. The van der Waals surface area contributed by atoms with Gasteiger partial charge in [0.15, 0.2) is 6.10 Å². The van der Waals surface area contributed by atoms with E-state index in [-0.39, 0.29) is 5.56 Å². The van der Waals surface area contributed by atoms with Crippen molar-refractivity contribution in [2.45, 2.75) is 19.2 Å². The summed E-state index contributed by atoms with van der Waals surface area (Å²) in [5.41, 5.74) is 4.78. The molecule has 2 N–H and O–H groups in total. The molecule has 1 aromatic rings. The summed E-state index contributed by atoms with van der Waals surface area (Å²) in [6.07, 6.45) is -5.36. The molecule has 0 aliphatic heterocycles. The Bertz CT molecular complexity index is 393. The molecule has 1 atom stereocenters. The maximum atomic E-state index is 12.2. The molecule has 1 aromatic heterocycles. The predicted molar refractivity (Wildman–Crippen MR) is 48.9 cm³/mol. The van der Waals surface area contributed by atoms with Gasteiger partial charge in [-0.15, -0.1) is 0 Å². The number of primary amides is 1. The van der Waals surface area contributed by atoms with Crippen molar-refractivity contribution in [3.05, 3.63) is 23.9 Å². The number of alkyl halides is 3. The van der Waals surface area contributed by atoms with E-state index in [2.05, 4.69) is 9.72 Å². The summed E-state index contributed by atoms with van der Waals surface area (Å²) in [7, 11) is 0. The zero-order chi connectivity index (χ0) is 12.3. The van der Waals surface area contributed by atoms with Crippen LogP contribution in [0.25, 0.3) is 0 Å². The number of amides is 1. The van der Waals surface area contributed by atoms with Crippen LogP contribution < -0.4 is 10.5 Å². The Kier molecular flexibility index (Phi) is 3.36. The van der Waals surface area contributed by atoms with Crippen molar-refractivity contribution in [1.29, 1.82) is 0 Å². The molecule has 1 amide bonds. The molecule has 16 heavy (non-hydrogen) atoms. The van der Waals surface area contributed by atoms with Crippen LogP contribution in [0.1, 0.15) is 17.3 Å². The first-order chi connectivity index (χ1) is 7.32. The quantitative estimate of drug-likeness (QED) is 0.862. The molecule has 7 heteroatoms. The van der Waals surface area contributed by atoms with Crippen LogP contribution in [-0.2, 0) is 0 Å². The van der Waals surface area contributed by atoms with Gasteiger partial charge >= 0.3 is 6.18 Å². The first-order valence-corrected chi connectivity index (χ1v) is 4.30. The lowest BCUT2D eigenvalue weighted by Crippen LogP contribution is -2.32. The number of carbonyl (C=O) groups excluding carboxylic acids is 1. The molecule has 0 aromatic carbocycles. The number of pyridine rings is 1. The molecule has 1 unspecified atom stereocenters. The average molecular weight is 234 g/mol. The molecule has 0 radical (unpaired) electrons. The minimum absolute atomic E-state index is 0.182. The van der Waals surface area contributed by atoms with Crippen LogP contribution in [0.3, 0.4) is 0 Å². The van der Waals surface area contributed by atoms with E-state index in [9.17, 15) is 18.0 Å². The monoisotopic (exact) mass is 234 g/mol. The third kappa shape index (κ3) is 2.85. The first-order valence-electron chi connectivity index (χ1n) is 4.30. The number of ether oxygens (including phenoxy) is 1. The lowest BCUT2D eigenvalue weighted by atomic mass is 10.2. The van der Waals surface area contributed by atoms with Crippen LogP contribution in [0.15, 0.2) is 18.3 Å². The normalized spacial score (nSPS) is 13.2. The molecule has 4 nitrogen and oxygen atoms in total. The molecule has 0 aliphatic rings. The Morgan fingerprint density at radius 3 is 2.69 bits per heavy atom. The molecular formula is C9H9F3N2O2. The highest BCUT2D eigenvalue weighted by molar-refractivity contribution is 5.94. The van der Waals surface area contributed by atoms with Crippen LogP contribution in [0.4, 0.5) is 13.2 Å². The van der Waals surface area contributed by atoms with Gasteiger partial charge in [0, 0.05) is 6.20 Å². The second-order valence-corrected chi connectivity index (χ2v) is 3.02. The van der Waals surface area contributed by atoms with Gasteiger partial charge in [0.25, 0.3) is 5.91 Å². The Hall–Kier alpha value is -1.79. The van der Waals surface area contributed by atoms with Gasteiger partial charge in [0.05, 0.1) is 0 Å². The molecular weight excluding hydrogens is 225 g/mol. The molecule has 0 bridgehead atoms. The van der Waals surface area contributed by atoms with Crippen molar-refractivity contribution in [3.8, 4) is 5.88 Å². The van der Waals surface area contributed by atoms with Crippen molar-refractivity contribution in [2.75, 3.05) is 0 Å². The van der Waals surface area contributed by atoms with Crippen molar-refractivity contribution in [2.24, 2.45) is 5.73 Å². The summed E-state index contributed by atoms with van der Waals surface area (Å²) < 4.78 is 41.1. The minimum Gasteiger partial charge on any atom is -0.464 e. The SMILES string of the molecule is CC(Oc1ncccc1C(N)=O)C(F)(F)F. The molecule has 0 fully saturated rings. The van der Waals surface area contributed by atoms with Crippen LogP contribution in [0.5, 0.6) is 5.88 Å². The Morgan fingerprint density at radius 2 is 2.19 bits per heavy atom. The van der Waals surface area contributed by atoms with Crippen LogP contribution in [0.2, 0.25) is 0 Å². The summed E-state index contributed by atoms with van der Waals surface area (Å²) in [4.78, 5) is 14.4. The number of nitrogens with zero attached hydrogens (tertiary/aromatic N) is 1. The predicted octanol–water partition coefficient (Wildman–Crippen LogP) is 1.51. The summed E-state index contributed by atoms with van der Waals surface area (Å²) in [6.45, 7) is 0.819. The number of carbonyl (C=O) groups is 1. The number of rotatable bonds is 3. The van der Waals surface area contributed by atoms with Crippen LogP contribution in [-0.4, -0.2) is 23.2 Å². The molecule has 0 aliphatic carbocycles. The zero-order valence-corrected chi connectivity index (χ0v) is 8.28. The number of halogens is 3. The average Bonchev–Trinajstić information content (AvgIpc) is 2.16. The van der Waals surface area contributed by atoms with E-state index >= 15 is 0 Å². The standard InChI is InChI=1S/C9H9F3N2O2/c1-5(9(10,11)12)16-8-6(7(13)15)3-2-4-14-8/h2-5H,1H3,(H2,13,15). The molecule has 1 heterocycles. The topological polar surface area (TPSA) is 65.2 Å². The van der Waals surface area contributed by atoms with Crippen molar-refractivity contribution < 1.29 is 22.7 Å². The van der Waals surface area contributed by atoms with E-state index in [1.165, 1.54) is 18.3 Å². The molecule has 0 saturated heterocycles. The molecule has 1 rings (SSSR count). The highest BCUT2D eigenvalue weighted by Gasteiger charge is 2.38. The Morgan fingerprint density at radius 1 is 1.56 bits per heavy atom. The van der Waals surface area contributed by atoms with Gasteiger partial charge in [-0.05, 0) is 19.1 Å². The van der Waals surface area contributed by atoms with E-state index in [0.717, 1.165) is 6.92 Å².